The van der Waals surface area contributed by atoms with Crippen molar-refractivity contribution >= 4 is 17.8 Å². The number of rotatable bonds is 5. The van der Waals surface area contributed by atoms with Crippen molar-refractivity contribution in [1.29, 1.82) is 0 Å². The Labute approximate surface area is 112 Å². The number of amides is 1. The molecule has 1 N–H and O–H groups in total. The molecule has 0 aromatic carbocycles. The molecular formula is C13H20NO5. The SMILES string of the molecule is [CH2]C(=O)CNC(=O)OC(C)OC(=O)C1CCCCC1. The molecule has 19 heavy (non-hydrogen) atoms. The fourth-order valence-corrected chi connectivity index (χ4v) is 1.99. The molecule has 0 saturated heterocycles. The first kappa shape index (κ1) is 15.5. The van der Waals surface area contributed by atoms with Crippen molar-refractivity contribution < 1.29 is 23.9 Å². The molecule has 1 aliphatic rings. The molecular weight excluding hydrogens is 250 g/mol. The second-order valence-electron chi connectivity index (χ2n) is 4.64. The summed E-state index contributed by atoms with van der Waals surface area (Å²) >= 11 is 0. The predicted octanol–water partition coefficient (Wildman–Crippen LogP) is 1.59. The highest BCUT2D eigenvalue weighted by Gasteiger charge is 2.25. The molecule has 1 atom stereocenters. The van der Waals surface area contributed by atoms with E-state index >= 15 is 0 Å². The molecule has 107 valence electrons. The van der Waals surface area contributed by atoms with Crippen molar-refractivity contribution in [2.75, 3.05) is 6.54 Å². The summed E-state index contributed by atoms with van der Waals surface area (Å²) in [5, 5.41) is 2.20. The van der Waals surface area contributed by atoms with Crippen LogP contribution >= 0.6 is 0 Å². The van der Waals surface area contributed by atoms with Gasteiger partial charge in [-0.2, -0.15) is 0 Å². The van der Waals surface area contributed by atoms with Crippen molar-refractivity contribution in [3.63, 3.8) is 0 Å². The second kappa shape index (κ2) is 7.76. The van der Waals surface area contributed by atoms with E-state index in [1.807, 2.05) is 0 Å². The van der Waals surface area contributed by atoms with Gasteiger partial charge < -0.3 is 14.8 Å². The predicted molar refractivity (Wildman–Crippen MR) is 67.0 cm³/mol. The van der Waals surface area contributed by atoms with E-state index in [1.165, 1.54) is 6.92 Å². The highest BCUT2D eigenvalue weighted by Crippen LogP contribution is 2.25. The van der Waals surface area contributed by atoms with Gasteiger partial charge in [-0.15, -0.1) is 0 Å². The summed E-state index contributed by atoms with van der Waals surface area (Å²) < 4.78 is 9.83. The smallest absolute Gasteiger partial charge is 0.410 e. The van der Waals surface area contributed by atoms with Crippen molar-refractivity contribution in [2.45, 2.75) is 45.3 Å². The lowest BCUT2D eigenvalue weighted by Crippen LogP contribution is -2.34. The molecule has 1 amide bonds. The summed E-state index contributed by atoms with van der Waals surface area (Å²) in [4.78, 5) is 33.5. The third-order valence-corrected chi connectivity index (χ3v) is 2.92. The lowest BCUT2D eigenvalue weighted by molar-refractivity contribution is -0.171. The third kappa shape index (κ3) is 6.22. The molecule has 0 heterocycles. The Morgan fingerprint density at radius 3 is 2.42 bits per heavy atom. The Bertz CT molecular complexity index is 336. The molecule has 0 spiro atoms. The van der Waals surface area contributed by atoms with Crippen molar-refractivity contribution in [1.82, 2.24) is 5.32 Å². The van der Waals surface area contributed by atoms with Gasteiger partial charge in [-0.05, 0) is 12.8 Å². The van der Waals surface area contributed by atoms with Crippen LogP contribution in [0.25, 0.3) is 0 Å². The first-order valence-corrected chi connectivity index (χ1v) is 6.49. The van der Waals surface area contributed by atoms with Crippen LogP contribution in [0.1, 0.15) is 39.0 Å². The van der Waals surface area contributed by atoms with Crippen molar-refractivity contribution in [3.05, 3.63) is 6.92 Å². The first-order valence-electron chi connectivity index (χ1n) is 6.49. The number of ketones is 1. The van der Waals surface area contributed by atoms with Crippen LogP contribution in [0.15, 0.2) is 0 Å². The van der Waals surface area contributed by atoms with Gasteiger partial charge >= 0.3 is 12.1 Å². The Balaban J connectivity index is 2.25. The minimum Gasteiger partial charge on any atom is -0.425 e. The van der Waals surface area contributed by atoms with E-state index < -0.39 is 18.2 Å². The number of Topliss-reactive ketones (excluding diaryl/α,β-unsaturated/α-hetero) is 1. The second-order valence-corrected chi connectivity index (χ2v) is 4.64. The fourth-order valence-electron chi connectivity index (χ4n) is 1.99. The first-order chi connectivity index (χ1) is 8.99. The van der Waals surface area contributed by atoms with Crippen LogP contribution in [0, 0.1) is 12.8 Å². The number of esters is 1. The van der Waals surface area contributed by atoms with Gasteiger partial charge in [0.15, 0.2) is 5.78 Å². The number of carbonyl (C=O) groups is 3. The van der Waals surface area contributed by atoms with Gasteiger partial charge in [0.2, 0.25) is 6.29 Å². The van der Waals surface area contributed by atoms with E-state index in [-0.39, 0.29) is 18.4 Å². The van der Waals surface area contributed by atoms with Crippen molar-refractivity contribution in [2.24, 2.45) is 5.92 Å². The van der Waals surface area contributed by atoms with E-state index in [4.69, 9.17) is 9.47 Å². The van der Waals surface area contributed by atoms with Crippen LogP contribution < -0.4 is 5.32 Å². The summed E-state index contributed by atoms with van der Waals surface area (Å²) in [6.45, 7) is 4.36. The highest BCUT2D eigenvalue weighted by molar-refractivity contribution is 5.87. The third-order valence-electron chi connectivity index (χ3n) is 2.92. The van der Waals surface area contributed by atoms with Crippen LogP contribution in [0.5, 0.6) is 0 Å². The van der Waals surface area contributed by atoms with E-state index in [0.29, 0.717) is 0 Å². The number of carbonyl (C=O) groups excluding carboxylic acids is 3. The minimum atomic E-state index is -0.964. The summed E-state index contributed by atoms with van der Waals surface area (Å²) in [5.41, 5.74) is 0. The zero-order valence-electron chi connectivity index (χ0n) is 11.1. The monoisotopic (exact) mass is 270 g/mol. The van der Waals surface area contributed by atoms with E-state index in [9.17, 15) is 14.4 Å². The number of alkyl carbamates (subject to hydrolysis) is 1. The molecule has 1 fully saturated rings. The molecule has 1 radical (unpaired) electrons. The van der Waals surface area contributed by atoms with Crippen LogP contribution in [0.3, 0.4) is 0 Å². The molecule has 1 aliphatic carbocycles. The Morgan fingerprint density at radius 1 is 1.21 bits per heavy atom. The lowest BCUT2D eigenvalue weighted by Gasteiger charge is -2.22. The number of nitrogens with one attached hydrogen (secondary N) is 1. The summed E-state index contributed by atoms with van der Waals surface area (Å²) in [5.74, 6) is -0.846. The summed E-state index contributed by atoms with van der Waals surface area (Å²) in [7, 11) is 0. The average molecular weight is 270 g/mol. The quantitative estimate of drug-likeness (QED) is 0.606. The van der Waals surface area contributed by atoms with Crippen molar-refractivity contribution in [3.8, 4) is 0 Å². The van der Waals surface area contributed by atoms with Gasteiger partial charge in [0.1, 0.15) is 0 Å². The van der Waals surface area contributed by atoms with Crippen LogP contribution in [0.2, 0.25) is 0 Å². The lowest BCUT2D eigenvalue weighted by atomic mass is 9.89. The zero-order chi connectivity index (χ0) is 14.3. The van der Waals surface area contributed by atoms with Gasteiger partial charge in [-0.1, -0.05) is 19.3 Å². The van der Waals surface area contributed by atoms with Crippen LogP contribution in [-0.2, 0) is 19.1 Å². The van der Waals surface area contributed by atoms with E-state index in [2.05, 4.69) is 12.2 Å². The normalized spacial score (nSPS) is 17.4. The number of hydrogen-bond acceptors (Lipinski definition) is 5. The molecule has 0 bridgehead atoms. The molecule has 0 aliphatic heterocycles. The highest BCUT2D eigenvalue weighted by atomic mass is 16.7. The van der Waals surface area contributed by atoms with E-state index in [0.717, 1.165) is 32.1 Å². The largest absolute Gasteiger partial charge is 0.425 e. The molecule has 1 unspecified atom stereocenters. The molecule has 0 aromatic rings. The van der Waals surface area contributed by atoms with Gasteiger partial charge in [-0.25, -0.2) is 4.79 Å². The maximum atomic E-state index is 11.8. The van der Waals surface area contributed by atoms with Crippen LogP contribution in [-0.4, -0.2) is 30.7 Å². The molecule has 0 aromatic heterocycles. The topological polar surface area (TPSA) is 81.7 Å². The maximum absolute atomic E-state index is 11.8. The molecule has 6 nitrogen and oxygen atoms in total. The van der Waals surface area contributed by atoms with Gasteiger partial charge in [0, 0.05) is 13.8 Å². The zero-order valence-corrected chi connectivity index (χ0v) is 11.1. The van der Waals surface area contributed by atoms with E-state index in [1.54, 1.807) is 0 Å². The standard InChI is InChI=1S/C13H20NO5/c1-9(15)8-14-13(17)19-10(2)18-12(16)11-6-4-3-5-7-11/h10-11H,1,3-8H2,2H3,(H,14,17). The van der Waals surface area contributed by atoms with Gasteiger partial charge in [-0.3, -0.25) is 9.59 Å². The minimum absolute atomic E-state index is 0.0933. The fraction of sp³-hybridized carbons (Fsp3) is 0.692. The van der Waals surface area contributed by atoms with Gasteiger partial charge in [0.25, 0.3) is 0 Å². The Hall–Kier alpha value is -1.59. The molecule has 6 heteroatoms. The molecule has 1 rings (SSSR count). The Kier molecular flexibility index (Phi) is 6.32. The Morgan fingerprint density at radius 2 is 1.84 bits per heavy atom. The number of ether oxygens (including phenoxy) is 2. The maximum Gasteiger partial charge on any atom is 0.410 e. The van der Waals surface area contributed by atoms with Gasteiger partial charge in [0.05, 0.1) is 12.5 Å². The average Bonchev–Trinajstić information content (AvgIpc) is 2.37. The molecule has 1 saturated carbocycles. The van der Waals surface area contributed by atoms with Crippen LogP contribution in [0.4, 0.5) is 4.79 Å². The number of hydrogen-bond donors (Lipinski definition) is 1. The summed E-state index contributed by atoms with van der Waals surface area (Å²) in [6.07, 6.45) is 3.09. The summed E-state index contributed by atoms with van der Waals surface area (Å²) in [6, 6.07) is 0.